The van der Waals surface area contributed by atoms with Gasteiger partial charge in [-0.1, -0.05) is 12.4 Å². The van der Waals surface area contributed by atoms with Gasteiger partial charge in [-0.25, -0.2) is 5.26 Å². The molecule has 2 atom stereocenters. The molecule has 2 unspecified atom stereocenters. The van der Waals surface area contributed by atoms with Crippen molar-refractivity contribution < 1.29 is 14.2 Å². The predicted molar refractivity (Wildman–Crippen MR) is 93.6 cm³/mol. The van der Waals surface area contributed by atoms with Crippen LogP contribution in [-0.2, 0) is 11.3 Å². The van der Waals surface area contributed by atoms with E-state index in [0.29, 0.717) is 6.04 Å². The number of nitriles is 1. The summed E-state index contributed by atoms with van der Waals surface area (Å²) in [6.45, 7) is 2.48. The molecule has 1 aromatic carbocycles. The van der Waals surface area contributed by atoms with Crippen molar-refractivity contribution >= 4 is 6.71 Å². The summed E-state index contributed by atoms with van der Waals surface area (Å²) in [5.41, 5.74) is 1.30. The molecule has 6 heteroatoms. The Morgan fingerprint density at radius 2 is 2.29 bits per heavy atom. The second kappa shape index (κ2) is 7.46. The zero-order valence-electron chi connectivity index (χ0n) is 14.5. The topological polar surface area (TPSA) is 63.5 Å². The third kappa shape index (κ3) is 3.68. The van der Waals surface area contributed by atoms with Crippen LogP contribution in [0.25, 0.3) is 0 Å². The average molecular weight is 328 g/mol. The first kappa shape index (κ1) is 17.1. The van der Waals surface area contributed by atoms with Crippen LogP contribution in [0.2, 0.25) is 12.6 Å². The fraction of sp³-hybridized carbons (Fsp3) is 0.611. The SMILES string of the molecule is COc1ccc(CNC2CB(C#N)CC3(CCOC3)C2)c(OC)c1. The van der Waals surface area contributed by atoms with Crippen LogP contribution >= 0.6 is 0 Å². The molecule has 0 radical (unpaired) electrons. The van der Waals surface area contributed by atoms with E-state index in [1.165, 1.54) is 0 Å². The largest absolute Gasteiger partial charge is 0.497 e. The van der Waals surface area contributed by atoms with Crippen LogP contribution < -0.4 is 14.8 Å². The third-order valence-corrected chi connectivity index (χ3v) is 5.37. The van der Waals surface area contributed by atoms with E-state index in [1.54, 1.807) is 14.2 Å². The van der Waals surface area contributed by atoms with Gasteiger partial charge in [-0.05, 0) is 30.6 Å². The van der Waals surface area contributed by atoms with E-state index < -0.39 is 0 Å². The lowest BCUT2D eigenvalue weighted by Crippen LogP contribution is -2.45. The van der Waals surface area contributed by atoms with Crippen LogP contribution in [0.3, 0.4) is 0 Å². The minimum absolute atomic E-state index is 0.121. The molecule has 1 N–H and O–H groups in total. The van der Waals surface area contributed by atoms with Crippen molar-refractivity contribution in [1.29, 1.82) is 5.26 Å². The second-order valence-corrected chi connectivity index (χ2v) is 7.03. The lowest BCUT2D eigenvalue weighted by atomic mass is 9.36. The fourth-order valence-electron chi connectivity index (χ4n) is 4.12. The molecule has 0 saturated carbocycles. The second-order valence-electron chi connectivity index (χ2n) is 7.03. The van der Waals surface area contributed by atoms with E-state index in [9.17, 15) is 5.26 Å². The zero-order valence-corrected chi connectivity index (χ0v) is 14.5. The van der Waals surface area contributed by atoms with E-state index >= 15 is 0 Å². The summed E-state index contributed by atoms with van der Waals surface area (Å²) in [6.07, 6.45) is 4.06. The van der Waals surface area contributed by atoms with Gasteiger partial charge in [0.15, 0.2) is 0 Å². The van der Waals surface area contributed by atoms with Gasteiger partial charge in [0.25, 0.3) is 6.71 Å². The van der Waals surface area contributed by atoms with Crippen molar-refractivity contribution in [1.82, 2.24) is 5.32 Å². The molecule has 128 valence electrons. The van der Waals surface area contributed by atoms with Gasteiger partial charge in [0.05, 0.1) is 20.8 Å². The highest BCUT2D eigenvalue weighted by Gasteiger charge is 2.44. The summed E-state index contributed by atoms with van der Waals surface area (Å²) in [7, 11) is 3.33. The number of ether oxygens (including phenoxy) is 3. The monoisotopic (exact) mass is 328 g/mol. The Morgan fingerprint density at radius 3 is 2.96 bits per heavy atom. The number of nitrogens with one attached hydrogen (secondary N) is 1. The van der Waals surface area contributed by atoms with Crippen molar-refractivity contribution in [2.24, 2.45) is 5.41 Å². The maximum atomic E-state index is 9.43. The van der Waals surface area contributed by atoms with Crippen LogP contribution in [-0.4, -0.2) is 40.2 Å². The van der Waals surface area contributed by atoms with Crippen LogP contribution in [0, 0.1) is 16.6 Å². The predicted octanol–water partition coefficient (Wildman–Crippen LogP) is 2.53. The Kier molecular flexibility index (Phi) is 5.32. The smallest absolute Gasteiger partial charge is 0.270 e. The Morgan fingerprint density at radius 1 is 1.42 bits per heavy atom. The first-order valence-electron chi connectivity index (χ1n) is 8.60. The maximum absolute atomic E-state index is 9.43. The van der Waals surface area contributed by atoms with Crippen LogP contribution in [0.15, 0.2) is 18.2 Å². The summed E-state index contributed by atoms with van der Waals surface area (Å²) in [5.74, 6) is 4.10. The molecule has 1 spiro atoms. The molecule has 5 nitrogen and oxygen atoms in total. The molecule has 2 aliphatic rings. The van der Waals surface area contributed by atoms with E-state index in [-0.39, 0.29) is 12.1 Å². The number of methoxy groups -OCH3 is 2. The van der Waals surface area contributed by atoms with E-state index in [1.807, 2.05) is 18.2 Å². The lowest BCUT2D eigenvalue weighted by molar-refractivity contribution is 0.144. The first-order chi connectivity index (χ1) is 11.7. The van der Waals surface area contributed by atoms with Gasteiger partial charge in [0, 0.05) is 36.8 Å². The molecule has 0 aromatic heterocycles. The van der Waals surface area contributed by atoms with E-state index in [2.05, 4.69) is 11.3 Å². The lowest BCUT2D eigenvalue weighted by Gasteiger charge is -2.38. The Balaban J connectivity index is 1.66. The highest BCUT2D eigenvalue weighted by Crippen LogP contribution is 2.43. The van der Waals surface area contributed by atoms with Gasteiger partial charge in [0.2, 0.25) is 0 Å². The summed E-state index contributed by atoms with van der Waals surface area (Å²) in [5, 5.41) is 13.1. The normalized spacial score (nSPS) is 26.4. The summed E-state index contributed by atoms with van der Waals surface area (Å²) in [6, 6.07) is 6.23. The molecule has 0 amide bonds. The molecular weight excluding hydrogens is 303 g/mol. The van der Waals surface area contributed by atoms with Gasteiger partial charge < -0.3 is 19.5 Å². The van der Waals surface area contributed by atoms with Gasteiger partial charge in [-0.3, -0.25) is 0 Å². The molecule has 2 fully saturated rings. The van der Waals surface area contributed by atoms with Gasteiger partial charge in [-0.2, -0.15) is 0 Å². The van der Waals surface area contributed by atoms with Crippen molar-refractivity contribution in [2.45, 2.75) is 38.1 Å². The first-order valence-corrected chi connectivity index (χ1v) is 8.60. The highest BCUT2D eigenvalue weighted by atomic mass is 16.5. The number of benzene rings is 1. The van der Waals surface area contributed by atoms with Gasteiger partial charge in [0.1, 0.15) is 11.5 Å². The Bertz CT molecular complexity index is 611. The standard InChI is InChI=1S/C18H25BN2O3/c1-22-16-4-3-14(17(7-16)23-2)10-21-15-8-18(5-6-24-12-18)11-19(9-15)13-20/h3-4,7,15,21H,5-6,8-12H2,1-2H3. The molecule has 2 saturated heterocycles. The van der Waals surface area contributed by atoms with Crippen LogP contribution in [0.1, 0.15) is 18.4 Å². The van der Waals surface area contributed by atoms with Crippen molar-refractivity contribution in [2.75, 3.05) is 27.4 Å². The Labute approximate surface area is 144 Å². The van der Waals surface area contributed by atoms with E-state index in [0.717, 1.165) is 62.3 Å². The molecular formula is C18H25BN2O3. The quantitative estimate of drug-likeness (QED) is 0.842. The molecule has 0 aliphatic carbocycles. The number of hydrogen-bond donors (Lipinski definition) is 1. The number of rotatable bonds is 5. The summed E-state index contributed by atoms with van der Waals surface area (Å²) >= 11 is 0. The summed E-state index contributed by atoms with van der Waals surface area (Å²) < 4.78 is 16.4. The maximum Gasteiger partial charge on any atom is 0.270 e. The average Bonchev–Trinajstić information content (AvgIpc) is 3.06. The molecule has 1 aromatic rings. The van der Waals surface area contributed by atoms with Crippen LogP contribution in [0.4, 0.5) is 0 Å². The minimum Gasteiger partial charge on any atom is -0.497 e. The van der Waals surface area contributed by atoms with Gasteiger partial charge >= 0.3 is 0 Å². The summed E-state index contributed by atoms with van der Waals surface area (Å²) in [4.78, 5) is 0. The fourth-order valence-corrected chi connectivity index (χ4v) is 4.12. The molecule has 0 bridgehead atoms. The number of hydrogen-bond acceptors (Lipinski definition) is 5. The van der Waals surface area contributed by atoms with Crippen molar-refractivity contribution in [3.05, 3.63) is 23.8 Å². The zero-order chi connectivity index (χ0) is 17.0. The third-order valence-electron chi connectivity index (χ3n) is 5.37. The minimum atomic E-state index is 0.121. The van der Waals surface area contributed by atoms with Crippen LogP contribution in [0.5, 0.6) is 11.5 Å². The molecule has 3 rings (SSSR count). The van der Waals surface area contributed by atoms with Crippen molar-refractivity contribution in [3.8, 4) is 17.5 Å². The Hall–Kier alpha value is -1.71. The van der Waals surface area contributed by atoms with Crippen molar-refractivity contribution in [3.63, 3.8) is 0 Å². The van der Waals surface area contributed by atoms with Gasteiger partial charge in [-0.15, -0.1) is 0 Å². The molecule has 2 aliphatic heterocycles. The number of nitrogens with zero attached hydrogens (tertiary/aromatic N) is 1. The molecule has 2 heterocycles. The molecule has 24 heavy (non-hydrogen) atoms. The van der Waals surface area contributed by atoms with E-state index in [4.69, 9.17) is 14.2 Å². The highest BCUT2D eigenvalue weighted by molar-refractivity contribution is 6.67.